The molecule has 0 heterocycles. The predicted octanol–water partition coefficient (Wildman–Crippen LogP) is 4.68. The molecule has 1 spiro atoms. The van der Waals surface area contributed by atoms with Crippen molar-refractivity contribution in [2.24, 2.45) is 44.8 Å². The third-order valence-corrected chi connectivity index (χ3v) is 14.2. The maximum Gasteiger partial charge on any atom is 0.301 e. The SMILES string of the molecule is CC(=O)NS(=O)(=O)N[C@]12CCC(C)(C)C[C@H]1[C@H]1C(=O)C=C3[C@@]4(C)C=C(C#N)C(=O)C5(CC5)[C@@H]4CC[C@@]3(C)[C@]1(C)CC2. The average molecular weight is 582 g/mol. The van der Waals surface area contributed by atoms with Gasteiger partial charge in [0.05, 0.1) is 5.57 Å². The number of nitriles is 1. The fourth-order valence-electron chi connectivity index (χ4n) is 10.7. The van der Waals surface area contributed by atoms with Gasteiger partial charge in [0.2, 0.25) is 5.91 Å². The maximum atomic E-state index is 14.5. The third kappa shape index (κ3) is 3.78. The largest absolute Gasteiger partial charge is 0.301 e. The van der Waals surface area contributed by atoms with Gasteiger partial charge in [0, 0.05) is 29.2 Å². The average Bonchev–Trinajstić information content (AvgIpc) is 3.64. The zero-order valence-electron chi connectivity index (χ0n) is 25.1. The van der Waals surface area contributed by atoms with E-state index in [1.54, 1.807) is 0 Å². The molecule has 0 aromatic rings. The normalized spacial score (nSPS) is 43.8. The van der Waals surface area contributed by atoms with Crippen LogP contribution in [-0.2, 0) is 24.6 Å². The Hall–Kier alpha value is -2.31. The zero-order chi connectivity index (χ0) is 30.0. The Labute approximate surface area is 244 Å². The van der Waals surface area contributed by atoms with Crippen molar-refractivity contribution in [3.8, 4) is 6.07 Å². The van der Waals surface area contributed by atoms with E-state index in [1.807, 2.05) is 12.2 Å². The van der Waals surface area contributed by atoms with Gasteiger partial charge in [-0.1, -0.05) is 46.3 Å². The van der Waals surface area contributed by atoms with Crippen molar-refractivity contribution < 1.29 is 22.8 Å². The lowest BCUT2D eigenvalue weighted by atomic mass is 9.35. The van der Waals surface area contributed by atoms with Crippen LogP contribution in [0.2, 0.25) is 0 Å². The Morgan fingerprint density at radius 2 is 1.66 bits per heavy atom. The molecule has 7 atom stereocenters. The second kappa shape index (κ2) is 8.41. The van der Waals surface area contributed by atoms with E-state index in [0.717, 1.165) is 37.7 Å². The molecule has 4 saturated carbocycles. The van der Waals surface area contributed by atoms with Gasteiger partial charge in [0.1, 0.15) is 6.07 Å². The molecular formula is C32H43N3O5S. The fourth-order valence-corrected chi connectivity index (χ4v) is 12.0. The topological polar surface area (TPSA) is 133 Å². The number of nitrogens with one attached hydrogen (secondary N) is 2. The van der Waals surface area contributed by atoms with Crippen LogP contribution in [0.25, 0.3) is 0 Å². The van der Waals surface area contributed by atoms with Crippen molar-refractivity contribution in [3.05, 3.63) is 23.3 Å². The van der Waals surface area contributed by atoms with Crippen LogP contribution < -0.4 is 9.44 Å². The summed E-state index contributed by atoms with van der Waals surface area (Å²) in [5, 5.41) is 9.92. The summed E-state index contributed by atoms with van der Waals surface area (Å²) in [4.78, 5) is 39.5. The second-order valence-electron chi connectivity index (χ2n) is 15.6. The number of carbonyl (C=O) groups is 3. The molecule has 8 nitrogen and oxygen atoms in total. The minimum Gasteiger partial charge on any atom is -0.295 e. The number of carbonyl (C=O) groups excluding carboxylic acids is 3. The Kier molecular flexibility index (Phi) is 5.90. The number of hydrogen-bond donors (Lipinski definition) is 2. The summed E-state index contributed by atoms with van der Waals surface area (Å²) < 4.78 is 31.2. The van der Waals surface area contributed by atoms with E-state index >= 15 is 0 Å². The quantitative estimate of drug-likeness (QED) is 0.497. The summed E-state index contributed by atoms with van der Waals surface area (Å²) >= 11 is 0. The summed E-state index contributed by atoms with van der Waals surface area (Å²) in [7, 11) is -4.10. The highest BCUT2D eigenvalue weighted by Gasteiger charge is 2.72. The van der Waals surface area contributed by atoms with E-state index in [2.05, 4.69) is 50.1 Å². The van der Waals surface area contributed by atoms with Gasteiger partial charge in [-0.25, -0.2) is 4.72 Å². The molecule has 222 valence electrons. The van der Waals surface area contributed by atoms with Crippen LogP contribution in [0.4, 0.5) is 0 Å². The van der Waals surface area contributed by atoms with Crippen LogP contribution >= 0.6 is 0 Å². The number of Topliss-reactive ketones (excluding diaryl/α,β-unsaturated/α-hetero) is 1. The van der Waals surface area contributed by atoms with Gasteiger partial charge in [0.25, 0.3) is 0 Å². The molecule has 0 unspecified atom stereocenters. The number of nitrogens with zero attached hydrogens (tertiary/aromatic N) is 1. The van der Waals surface area contributed by atoms with Gasteiger partial charge in [-0.15, -0.1) is 0 Å². The van der Waals surface area contributed by atoms with Crippen LogP contribution in [0.3, 0.4) is 0 Å². The molecule has 1 amide bonds. The Morgan fingerprint density at radius 3 is 2.27 bits per heavy atom. The highest BCUT2D eigenvalue weighted by molar-refractivity contribution is 7.88. The molecule has 6 aliphatic rings. The molecule has 9 heteroatoms. The molecule has 41 heavy (non-hydrogen) atoms. The highest BCUT2D eigenvalue weighted by Crippen LogP contribution is 2.76. The van der Waals surface area contributed by atoms with Crippen LogP contribution in [-0.4, -0.2) is 31.4 Å². The van der Waals surface area contributed by atoms with Crippen LogP contribution in [0.5, 0.6) is 0 Å². The van der Waals surface area contributed by atoms with Crippen molar-refractivity contribution in [2.75, 3.05) is 0 Å². The molecule has 0 aromatic heterocycles. The standard InChI is InChI=1S/C32H43N3O5S/c1-19(36)34-41(39,40)35-32-13-9-27(2,3)17-21(32)25-22(37)15-24-28(4)16-20(18-33)26(38)31(11-12-31)23(28)7-8-29(24,5)30(25,6)10-14-32/h15-16,21,23,25,35H,7-14,17H2,1-6H3,(H,34,36)/t21-,23+,25-,28-,29+,30+,32-/m0/s1. The molecular weight excluding hydrogens is 538 g/mol. The fraction of sp³-hybridized carbons (Fsp3) is 0.750. The lowest BCUT2D eigenvalue weighted by Gasteiger charge is -2.68. The number of fused-ring (bicyclic) bond motifs is 8. The Morgan fingerprint density at radius 1 is 1.00 bits per heavy atom. The van der Waals surface area contributed by atoms with Crippen LogP contribution in [0.1, 0.15) is 99.3 Å². The Bertz CT molecular complexity index is 1480. The van der Waals surface area contributed by atoms with Gasteiger partial charge < -0.3 is 0 Å². The lowest BCUT2D eigenvalue weighted by Crippen LogP contribution is -2.70. The number of ketones is 2. The third-order valence-electron chi connectivity index (χ3n) is 12.9. The molecule has 0 bridgehead atoms. The summed E-state index contributed by atoms with van der Waals surface area (Å²) in [6.45, 7) is 12.2. The van der Waals surface area contributed by atoms with E-state index in [0.29, 0.717) is 25.7 Å². The van der Waals surface area contributed by atoms with E-state index in [4.69, 9.17) is 0 Å². The monoisotopic (exact) mass is 581 g/mol. The van der Waals surface area contributed by atoms with Gasteiger partial charge >= 0.3 is 10.2 Å². The molecule has 0 radical (unpaired) electrons. The van der Waals surface area contributed by atoms with Crippen molar-refractivity contribution in [3.63, 3.8) is 0 Å². The molecule has 4 fully saturated rings. The second-order valence-corrected chi connectivity index (χ2v) is 17.0. The first-order valence-electron chi connectivity index (χ1n) is 15.2. The van der Waals surface area contributed by atoms with E-state index < -0.39 is 37.9 Å². The first kappa shape index (κ1) is 28.8. The minimum atomic E-state index is -4.10. The van der Waals surface area contributed by atoms with E-state index in [1.165, 1.54) is 6.92 Å². The molecule has 0 aliphatic heterocycles. The van der Waals surface area contributed by atoms with E-state index in [-0.39, 0.29) is 45.7 Å². The zero-order valence-corrected chi connectivity index (χ0v) is 26.0. The number of allylic oxidation sites excluding steroid dienone is 4. The van der Waals surface area contributed by atoms with Gasteiger partial charge in [-0.3, -0.25) is 14.4 Å². The van der Waals surface area contributed by atoms with E-state index in [9.17, 15) is 28.1 Å². The minimum absolute atomic E-state index is 0.0174. The smallest absolute Gasteiger partial charge is 0.295 e. The van der Waals surface area contributed by atoms with Gasteiger partial charge in [0.15, 0.2) is 11.6 Å². The van der Waals surface area contributed by atoms with Crippen LogP contribution in [0, 0.1) is 56.2 Å². The summed E-state index contributed by atoms with van der Waals surface area (Å²) in [6.07, 6.45) is 10.4. The summed E-state index contributed by atoms with van der Waals surface area (Å²) in [5.74, 6) is -1.17. The van der Waals surface area contributed by atoms with Crippen LogP contribution in [0.15, 0.2) is 23.3 Å². The molecule has 2 N–H and O–H groups in total. The predicted molar refractivity (Wildman–Crippen MR) is 153 cm³/mol. The number of amides is 1. The van der Waals surface area contributed by atoms with Crippen molar-refractivity contribution in [1.29, 1.82) is 5.26 Å². The molecule has 6 rings (SSSR count). The number of hydrogen-bond acceptors (Lipinski definition) is 6. The number of rotatable bonds is 3. The first-order valence-corrected chi connectivity index (χ1v) is 16.6. The lowest BCUT2D eigenvalue weighted by molar-refractivity contribution is -0.158. The highest BCUT2D eigenvalue weighted by atomic mass is 32.2. The maximum absolute atomic E-state index is 14.5. The van der Waals surface area contributed by atoms with Crippen molar-refractivity contribution in [1.82, 2.24) is 9.44 Å². The molecule has 6 aliphatic carbocycles. The first-order chi connectivity index (χ1) is 18.9. The molecule has 0 aromatic carbocycles. The Balaban J connectivity index is 1.48. The summed E-state index contributed by atoms with van der Waals surface area (Å²) in [5.41, 5.74) is -1.41. The van der Waals surface area contributed by atoms with Crippen molar-refractivity contribution in [2.45, 2.75) is 105 Å². The van der Waals surface area contributed by atoms with Gasteiger partial charge in [-0.05, 0) is 91.9 Å². The summed E-state index contributed by atoms with van der Waals surface area (Å²) in [6, 6.07) is 2.18. The van der Waals surface area contributed by atoms with Gasteiger partial charge in [-0.2, -0.15) is 18.4 Å². The molecule has 0 saturated heterocycles. The van der Waals surface area contributed by atoms with Crippen molar-refractivity contribution >= 4 is 27.7 Å².